The van der Waals surface area contributed by atoms with E-state index in [1.807, 2.05) is 54.6 Å². The molecular weight excluding hydrogens is 338 g/mol. The first-order valence-corrected chi connectivity index (χ1v) is 8.97. The van der Waals surface area contributed by atoms with Gasteiger partial charge in [-0.05, 0) is 48.6 Å². The maximum absolute atomic E-state index is 12.8. The van der Waals surface area contributed by atoms with Gasteiger partial charge in [-0.1, -0.05) is 48.5 Å². The van der Waals surface area contributed by atoms with Crippen LogP contribution in [0.15, 0.2) is 54.6 Å². The standard InChI is InChI=1S/C23H19NO3/c1-15(25)14-27-23(26)21-18-9-5-6-10-20(18)24-22-17(11-12-19(21)22)13-16-7-3-2-4-8-16/h2-10,13H,11-12,14H2,1H3/b17-13+. The minimum atomic E-state index is -0.457. The Morgan fingerprint density at radius 2 is 1.78 bits per heavy atom. The maximum Gasteiger partial charge on any atom is 0.339 e. The third-order valence-corrected chi connectivity index (χ3v) is 4.69. The average Bonchev–Trinajstić information content (AvgIpc) is 3.07. The third-order valence-electron chi connectivity index (χ3n) is 4.69. The van der Waals surface area contributed by atoms with E-state index in [0.29, 0.717) is 5.56 Å². The van der Waals surface area contributed by atoms with E-state index in [1.165, 1.54) is 6.92 Å². The Morgan fingerprint density at radius 3 is 2.56 bits per heavy atom. The molecule has 0 amide bonds. The van der Waals surface area contributed by atoms with Crippen LogP contribution in [-0.2, 0) is 16.0 Å². The molecule has 0 spiro atoms. The van der Waals surface area contributed by atoms with Gasteiger partial charge in [-0.15, -0.1) is 0 Å². The number of rotatable bonds is 4. The lowest BCUT2D eigenvalue weighted by molar-refractivity contribution is -0.120. The summed E-state index contributed by atoms with van der Waals surface area (Å²) in [6, 6.07) is 17.7. The molecule has 4 rings (SSSR count). The molecule has 0 bridgehead atoms. The Kier molecular flexibility index (Phi) is 4.55. The van der Waals surface area contributed by atoms with Crippen LogP contribution < -0.4 is 0 Å². The second-order valence-corrected chi connectivity index (χ2v) is 6.69. The number of esters is 1. The Morgan fingerprint density at radius 1 is 1.04 bits per heavy atom. The van der Waals surface area contributed by atoms with Gasteiger partial charge in [-0.3, -0.25) is 4.79 Å². The molecular formula is C23H19NO3. The van der Waals surface area contributed by atoms with Gasteiger partial charge in [0.15, 0.2) is 5.78 Å². The summed E-state index contributed by atoms with van der Waals surface area (Å²) in [7, 11) is 0. The molecule has 4 heteroatoms. The Hall–Kier alpha value is -3.27. The second kappa shape index (κ2) is 7.16. The molecule has 1 aliphatic rings. The van der Waals surface area contributed by atoms with E-state index in [2.05, 4.69) is 6.08 Å². The van der Waals surface area contributed by atoms with Gasteiger partial charge in [0.05, 0.1) is 16.8 Å². The first-order valence-electron chi connectivity index (χ1n) is 8.97. The van der Waals surface area contributed by atoms with Crippen LogP contribution in [0.2, 0.25) is 0 Å². The SMILES string of the molecule is CC(=O)COC(=O)c1c2c(nc3ccccc13)/C(=C/c1ccccc1)CC2. The summed E-state index contributed by atoms with van der Waals surface area (Å²) in [6.07, 6.45) is 3.68. The number of benzene rings is 2. The number of fused-ring (bicyclic) bond motifs is 2. The van der Waals surface area contributed by atoms with Gasteiger partial charge in [0.1, 0.15) is 6.61 Å². The van der Waals surface area contributed by atoms with Crippen molar-refractivity contribution in [3.8, 4) is 0 Å². The van der Waals surface area contributed by atoms with Crippen molar-refractivity contribution >= 4 is 34.3 Å². The first kappa shape index (κ1) is 17.2. The largest absolute Gasteiger partial charge is 0.454 e. The predicted octanol–water partition coefficient (Wildman–Crippen LogP) is 4.47. The molecule has 0 aliphatic heterocycles. The number of pyridine rings is 1. The van der Waals surface area contributed by atoms with Crippen molar-refractivity contribution in [3.05, 3.63) is 77.0 Å². The fourth-order valence-electron chi connectivity index (χ4n) is 3.50. The van der Waals surface area contributed by atoms with E-state index in [0.717, 1.165) is 46.1 Å². The number of para-hydroxylation sites is 1. The van der Waals surface area contributed by atoms with Crippen LogP contribution in [-0.4, -0.2) is 23.3 Å². The van der Waals surface area contributed by atoms with Crippen LogP contribution in [0.3, 0.4) is 0 Å². The van der Waals surface area contributed by atoms with Crippen LogP contribution >= 0.6 is 0 Å². The number of carbonyl (C=O) groups is 2. The average molecular weight is 357 g/mol. The molecule has 0 saturated heterocycles. The lowest BCUT2D eigenvalue weighted by Crippen LogP contribution is -2.14. The molecule has 0 saturated carbocycles. The highest BCUT2D eigenvalue weighted by atomic mass is 16.5. The Balaban J connectivity index is 1.85. The third kappa shape index (κ3) is 3.38. The fourth-order valence-corrected chi connectivity index (χ4v) is 3.50. The lowest BCUT2D eigenvalue weighted by Gasteiger charge is -2.12. The number of hydrogen-bond acceptors (Lipinski definition) is 4. The molecule has 1 heterocycles. The van der Waals surface area contributed by atoms with E-state index in [4.69, 9.17) is 9.72 Å². The smallest absolute Gasteiger partial charge is 0.339 e. The van der Waals surface area contributed by atoms with Crippen LogP contribution in [0, 0.1) is 0 Å². The monoisotopic (exact) mass is 357 g/mol. The van der Waals surface area contributed by atoms with Gasteiger partial charge >= 0.3 is 5.97 Å². The van der Waals surface area contributed by atoms with Gasteiger partial charge in [-0.2, -0.15) is 0 Å². The zero-order valence-electron chi connectivity index (χ0n) is 15.1. The number of aromatic nitrogens is 1. The van der Waals surface area contributed by atoms with Crippen molar-refractivity contribution in [2.24, 2.45) is 0 Å². The number of carbonyl (C=O) groups excluding carboxylic acids is 2. The van der Waals surface area contributed by atoms with E-state index < -0.39 is 5.97 Å². The quantitative estimate of drug-likeness (QED) is 0.647. The summed E-state index contributed by atoms with van der Waals surface area (Å²) >= 11 is 0. The van der Waals surface area contributed by atoms with Gasteiger partial charge in [-0.25, -0.2) is 9.78 Å². The summed E-state index contributed by atoms with van der Waals surface area (Å²) in [6.45, 7) is 1.19. The summed E-state index contributed by atoms with van der Waals surface area (Å²) in [5.74, 6) is -0.635. The zero-order chi connectivity index (χ0) is 18.8. The number of ketones is 1. The minimum absolute atomic E-state index is 0.178. The van der Waals surface area contributed by atoms with Crippen molar-refractivity contribution in [2.75, 3.05) is 6.61 Å². The molecule has 0 radical (unpaired) electrons. The maximum atomic E-state index is 12.8. The lowest BCUT2D eigenvalue weighted by atomic mass is 10.0. The van der Waals surface area contributed by atoms with E-state index in [-0.39, 0.29) is 12.4 Å². The second-order valence-electron chi connectivity index (χ2n) is 6.69. The Bertz CT molecular complexity index is 1070. The van der Waals surface area contributed by atoms with Crippen LogP contribution in [0.5, 0.6) is 0 Å². The predicted molar refractivity (Wildman–Crippen MR) is 105 cm³/mol. The van der Waals surface area contributed by atoms with Gasteiger partial charge < -0.3 is 4.74 Å². The zero-order valence-corrected chi connectivity index (χ0v) is 15.1. The summed E-state index contributed by atoms with van der Waals surface area (Å²) in [4.78, 5) is 28.8. The highest BCUT2D eigenvalue weighted by Crippen LogP contribution is 2.37. The number of hydrogen-bond donors (Lipinski definition) is 0. The van der Waals surface area contributed by atoms with E-state index in [9.17, 15) is 9.59 Å². The van der Waals surface area contributed by atoms with Crippen molar-refractivity contribution in [1.29, 1.82) is 0 Å². The fraction of sp³-hybridized carbons (Fsp3) is 0.174. The first-order chi connectivity index (χ1) is 13.1. The number of ether oxygens (including phenoxy) is 1. The van der Waals surface area contributed by atoms with Crippen LogP contribution in [0.4, 0.5) is 0 Å². The molecule has 1 aromatic heterocycles. The normalized spacial score (nSPS) is 14.3. The Labute approximate surface area is 157 Å². The highest BCUT2D eigenvalue weighted by Gasteiger charge is 2.27. The number of nitrogens with zero attached hydrogens (tertiary/aromatic N) is 1. The molecule has 0 fully saturated rings. The van der Waals surface area contributed by atoms with Crippen molar-refractivity contribution in [2.45, 2.75) is 19.8 Å². The molecule has 134 valence electrons. The molecule has 1 aliphatic carbocycles. The molecule has 0 atom stereocenters. The van der Waals surface area contributed by atoms with Gasteiger partial charge in [0, 0.05) is 5.39 Å². The number of Topliss-reactive ketones (excluding diaryl/α,β-unsaturated/α-hetero) is 1. The van der Waals surface area contributed by atoms with Gasteiger partial charge in [0.25, 0.3) is 0 Å². The van der Waals surface area contributed by atoms with Crippen LogP contribution in [0.1, 0.15) is 40.5 Å². The molecule has 3 aromatic rings. The van der Waals surface area contributed by atoms with Crippen molar-refractivity contribution in [1.82, 2.24) is 4.98 Å². The minimum Gasteiger partial charge on any atom is -0.454 e. The number of allylic oxidation sites excluding steroid dienone is 1. The molecule has 27 heavy (non-hydrogen) atoms. The summed E-state index contributed by atoms with van der Waals surface area (Å²) in [5, 5.41) is 0.769. The summed E-state index contributed by atoms with van der Waals surface area (Å²) < 4.78 is 5.24. The van der Waals surface area contributed by atoms with Crippen molar-refractivity contribution < 1.29 is 14.3 Å². The van der Waals surface area contributed by atoms with Gasteiger partial charge in [0.2, 0.25) is 0 Å². The molecule has 2 aromatic carbocycles. The molecule has 0 unspecified atom stereocenters. The van der Waals surface area contributed by atoms with E-state index >= 15 is 0 Å². The van der Waals surface area contributed by atoms with Crippen molar-refractivity contribution in [3.63, 3.8) is 0 Å². The summed E-state index contributed by atoms with van der Waals surface area (Å²) in [5.41, 5.74) is 5.27. The highest BCUT2D eigenvalue weighted by molar-refractivity contribution is 6.07. The van der Waals surface area contributed by atoms with Crippen LogP contribution in [0.25, 0.3) is 22.6 Å². The van der Waals surface area contributed by atoms with E-state index in [1.54, 1.807) is 0 Å². The topological polar surface area (TPSA) is 56.3 Å². The molecule has 0 N–H and O–H groups in total. The molecule has 4 nitrogen and oxygen atoms in total.